The predicted molar refractivity (Wildman–Crippen MR) is 97.8 cm³/mol. The number of fused-ring (bicyclic) bond motifs is 4. The predicted octanol–water partition coefficient (Wildman–Crippen LogP) is 5.00. The highest BCUT2D eigenvalue weighted by atomic mass is 14.9. The Kier molecular flexibility index (Phi) is 2.79. The van der Waals surface area contributed by atoms with Crippen LogP contribution in [0.3, 0.4) is 0 Å². The van der Waals surface area contributed by atoms with E-state index in [1.165, 1.54) is 5.39 Å². The van der Waals surface area contributed by atoms with Crippen LogP contribution in [0.25, 0.3) is 44.0 Å². The molecule has 3 aromatic carbocycles. The first kappa shape index (κ1) is 13.1. The number of hydrogen-bond acceptors (Lipinski definition) is 3. The molecule has 112 valence electrons. The average molecular weight is 307 g/mol. The van der Waals surface area contributed by atoms with Gasteiger partial charge in [-0.15, -0.1) is 0 Å². The molecule has 3 heteroatoms. The summed E-state index contributed by atoms with van der Waals surface area (Å²) in [6, 6.07) is 22.5. The maximum Gasteiger partial charge on any atom is 0.159 e. The van der Waals surface area contributed by atoms with Crippen molar-refractivity contribution in [1.29, 1.82) is 0 Å². The lowest BCUT2D eigenvalue weighted by Crippen LogP contribution is -1.90. The Hall–Kier alpha value is -3.33. The van der Waals surface area contributed by atoms with Gasteiger partial charge < -0.3 is 0 Å². The average Bonchev–Trinajstić information content (AvgIpc) is 2.67. The molecule has 0 radical (unpaired) electrons. The number of hydrogen-bond donors (Lipinski definition) is 0. The molecule has 24 heavy (non-hydrogen) atoms. The summed E-state index contributed by atoms with van der Waals surface area (Å²) in [6.45, 7) is 0. The quantitative estimate of drug-likeness (QED) is 0.409. The lowest BCUT2D eigenvalue weighted by Gasteiger charge is -2.06. The second-order valence-electron chi connectivity index (χ2n) is 5.83. The van der Waals surface area contributed by atoms with Crippen LogP contribution in [0.1, 0.15) is 0 Å². The Morgan fingerprint density at radius 1 is 0.583 bits per heavy atom. The Balaban J connectivity index is 1.77. The van der Waals surface area contributed by atoms with Crippen molar-refractivity contribution < 1.29 is 0 Å². The minimum Gasteiger partial charge on any atom is -0.256 e. The fourth-order valence-electron chi connectivity index (χ4n) is 3.11. The third kappa shape index (κ3) is 2.02. The van der Waals surface area contributed by atoms with Crippen LogP contribution in [-0.2, 0) is 0 Å². The van der Waals surface area contributed by atoms with E-state index >= 15 is 0 Å². The summed E-state index contributed by atoms with van der Waals surface area (Å²) >= 11 is 0. The van der Waals surface area contributed by atoms with Gasteiger partial charge in [-0.1, -0.05) is 42.5 Å². The molecule has 0 spiro atoms. The van der Waals surface area contributed by atoms with Gasteiger partial charge in [0, 0.05) is 34.1 Å². The number of rotatable bonds is 1. The molecule has 0 unspecified atom stereocenters. The van der Waals surface area contributed by atoms with Gasteiger partial charge in [-0.25, -0.2) is 9.97 Å². The van der Waals surface area contributed by atoms with Gasteiger partial charge in [0.2, 0.25) is 0 Å². The molecule has 0 amide bonds. The molecule has 0 saturated heterocycles. The van der Waals surface area contributed by atoms with E-state index in [-0.39, 0.29) is 0 Å². The first-order valence-corrected chi connectivity index (χ1v) is 7.88. The zero-order valence-corrected chi connectivity index (χ0v) is 12.8. The zero-order chi connectivity index (χ0) is 15.9. The molecule has 0 atom stereocenters. The van der Waals surface area contributed by atoms with Crippen molar-refractivity contribution in [2.75, 3.05) is 0 Å². The summed E-state index contributed by atoms with van der Waals surface area (Å²) in [5.74, 6) is 0.739. The van der Waals surface area contributed by atoms with Gasteiger partial charge in [0.15, 0.2) is 5.82 Å². The van der Waals surface area contributed by atoms with Crippen molar-refractivity contribution in [3.05, 3.63) is 79.1 Å². The number of para-hydroxylation sites is 1. The smallest absolute Gasteiger partial charge is 0.159 e. The van der Waals surface area contributed by atoms with E-state index in [1.54, 1.807) is 0 Å². The van der Waals surface area contributed by atoms with Crippen molar-refractivity contribution in [3.8, 4) is 11.4 Å². The van der Waals surface area contributed by atoms with Gasteiger partial charge in [0.1, 0.15) is 0 Å². The molecule has 5 aromatic rings. The summed E-state index contributed by atoms with van der Waals surface area (Å²) in [4.78, 5) is 13.8. The van der Waals surface area contributed by atoms with Crippen LogP contribution in [0.15, 0.2) is 79.1 Å². The maximum absolute atomic E-state index is 4.70. The number of aromatic nitrogens is 3. The first-order valence-electron chi connectivity index (χ1n) is 7.88. The molecule has 0 aliphatic carbocycles. The van der Waals surface area contributed by atoms with Gasteiger partial charge >= 0.3 is 0 Å². The van der Waals surface area contributed by atoms with E-state index in [0.717, 1.165) is 38.6 Å². The highest BCUT2D eigenvalue weighted by Crippen LogP contribution is 2.27. The van der Waals surface area contributed by atoms with Crippen molar-refractivity contribution in [2.24, 2.45) is 0 Å². The van der Waals surface area contributed by atoms with Gasteiger partial charge in [0.05, 0.1) is 11.0 Å². The highest BCUT2D eigenvalue weighted by molar-refractivity contribution is 6.06. The fraction of sp³-hybridized carbons (Fsp3) is 0. The molecule has 2 heterocycles. The van der Waals surface area contributed by atoms with Crippen molar-refractivity contribution in [2.45, 2.75) is 0 Å². The van der Waals surface area contributed by atoms with Crippen molar-refractivity contribution >= 4 is 32.6 Å². The number of benzene rings is 3. The van der Waals surface area contributed by atoms with Gasteiger partial charge in [-0.2, -0.15) is 0 Å². The molecule has 2 aromatic heterocycles. The van der Waals surface area contributed by atoms with E-state index in [1.807, 2.05) is 54.9 Å². The first-order chi connectivity index (χ1) is 11.9. The molecule has 0 bridgehead atoms. The largest absolute Gasteiger partial charge is 0.256 e. The van der Waals surface area contributed by atoms with Gasteiger partial charge in [0.25, 0.3) is 0 Å². The fourth-order valence-corrected chi connectivity index (χ4v) is 3.11. The van der Waals surface area contributed by atoms with E-state index in [0.29, 0.717) is 0 Å². The van der Waals surface area contributed by atoms with Crippen LogP contribution in [0.5, 0.6) is 0 Å². The summed E-state index contributed by atoms with van der Waals surface area (Å²) < 4.78 is 0. The monoisotopic (exact) mass is 307 g/mol. The zero-order valence-electron chi connectivity index (χ0n) is 12.8. The summed E-state index contributed by atoms with van der Waals surface area (Å²) in [6.07, 6.45) is 3.80. The van der Waals surface area contributed by atoms with Crippen LogP contribution in [0.2, 0.25) is 0 Å². The van der Waals surface area contributed by atoms with Crippen molar-refractivity contribution in [1.82, 2.24) is 15.0 Å². The Morgan fingerprint density at radius 2 is 1.38 bits per heavy atom. The topological polar surface area (TPSA) is 38.7 Å². The third-order valence-electron chi connectivity index (χ3n) is 4.34. The van der Waals surface area contributed by atoms with E-state index in [9.17, 15) is 0 Å². The Labute approximate surface area is 138 Å². The van der Waals surface area contributed by atoms with Crippen LogP contribution < -0.4 is 0 Å². The second-order valence-corrected chi connectivity index (χ2v) is 5.83. The Bertz CT molecular complexity index is 1210. The summed E-state index contributed by atoms with van der Waals surface area (Å²) in [7, 11) is 0. The number of nitrogens with zero attached hydrogens (tertiary/aromatic N) is 3. The molecule has 3 nitrogen and oxygen atoms in total. The van der Waals surface area contributed by atoms with E-state index < -0.39 is 0 Å². The molecule has 0 fully saturated rings. The molecule has 0 aliphatic rings. The molecule has 0 N–H and O–H groups in total. The Morgan fingerprint density at radius 3 is 2.33 bits per heavy atom. The van der Waals surface area contributed by atoms with E-state index in [2.05, 4.69) is 34.2 Å². The van der Waals surface area contributed by atoms with Gasteiger partial charge in [-0.05, 0) is 29.7 Å². The molecular formula is C21H13N3. The van der Waals surface area contributed by atoms with Gasteiger partial charge in [-0.3, -0.25) is 4.98 Å². The molecule has 0 aliphatic heterocycles. The van der Waals surface area contributed by atoms with E-state index in [4.69, 9.17) is 4.98 Å². The molecule has 0 saturated carbocycles. The normalized spacial score (nSPS) is 11.3. The second kappa shape index (κ2) is 5.10. The lowest BCUT2D eigenvalue weighted by atomic mass is 10.0. The van der Waals surface area contributed by atoms with Crippen LogP contribution >= 0.6 is 0 Å². The van der Waals surface area contributed by atoms with Crippen LogP contribution in [0, 0.1) is 0 Å². The third-order valence-corrected chi connectivity index (χ3v) is 4.34. The summed E-state index contributed by atoms with van der Waals surface area (Å²) in [5, 5.41) is 4.52. The maximum atomic E-state index is 4.70. The van der Waals surface area contributed by atoms with Crippen molar-refractivity contribution in [3.63, 3.8) is 0 Å². The highest BCUT2D eigenvalue weighted by Gasteiger charge is 2.07. The minimum absolute atomic E-state index is 0.739. The summed E-state index contributed by atoms with van der Waals surface area (Å²) in [5.41, 5.74) is 2.95. The lowest BCUT2D eigenvalue weighted by molar-refractivity contribution is 1.23. The van der Waals surface area contributed by atoms with Crippen LogP contribution in [-0.4, -0.2) is 15.0 Å². The molecule has 5 rings (SSSR count). The standard InChI is InChI=1S/C21H13N3/c1-3-7-17-15(5-1)12-22-20-10-9-14(11-18(17)20)21-23-13-16-6-2-4-8-19(16)24-21/h1-13H. The van der Waals surface area contributed by atoms with Crippen LogP contribution in [0.4, 0.5) is 0 Å². The number of pyridine rings is 1. The SMILES string of the molecule is c1ccc2nc(-c3ccc4ncc5ccccc5c4c3)ncc2c1. The molecular weight excluding hydrogens is 294 g/mol. The minimum atomic E-state index is 0.739.